The fourth-order valence-electron chi connectivity index (χ4n) is 3.07. The number of likely N-dealkylation sites (tertiary alicyclic amines) is 1. The molecule has 2 rings (SSSR count). The van der Waals surface area contributed by atoms with E-state index in [1.165, 1.54) is 0 Å². The van der Waals surface area contributed by atoms with Gasteiger partial charge in [0.1, 0.15) is 6.04 Å². The van der Waals surface area contributed by atoms with Crippen molar-refractivity contribution in [2.24, 2.45) is 11.7 Å². The average molecular weight is 297 g/mol. The van der Waals surface area contributed by atoms with Crippen LogP contribution in [0.1, 0.15) is 32.6 Å². The van der Waals surface area contributed by atoms with Crippen molar-refractivity contribution < 1.29 is 14.3 Å². The van der Waals surface area contributed by atoms with Crippen LogP contribution in [-0.4, -0.2) is 67.0 Å². The van der Waals surface area contributed by atoms with Crippen molar-refractivity contribution >= 4 is 11.8 Å². The van der Waals surface area contributed by atoms with Gasteiger partial charge in [0, 0.05) is 26.1 Å². The summed E-state index contributed by atoms with van der Waals surface area (Å²) in [5.41, 5.74) is 5.68. The van der Waals surface area contributed by atoms with E-state index in [0.717, 1.165) is 19.3 Å². The van der Waals surface area contributed by atoms with Crippen molar-refractivity contribution in [2.75, 3.05) is 39.4 Å². The van der Waals surface area contributed by atoms with E-state index in [2.05, 4.69) is 0 Å². The smallest absolute Gasteiger partial charge is 0.245 e. The third-order valence-electron chi connectivity index (χ3n) is 4.55. The highest BCUT2D eigenvalue weighted by Gasteiger charge is 2.37. The average Bonchev–Trinajstić information content (AvgIpc) is 3.02. The maximum absolute atomic E-state index is 12.6. The van der Waals surface area contributed by atoms with Crippen molar-refractivity contribution in [3.8, 4) is 0 Å². The topological polar surface area (TPSA) is 75.9 Å². The van der Waals surface area contributed by atoms with Gasteiger partial charge in [-0.05, 0) is 25.3 Å². The lowest BCUT2D eigenvalue weighted by Crippen LogP contribution is -2.51. The third-order valence-corrected chi connectivity index (χ3v) is 4.55. The molecule has 21 heavy (non-hydrogen) atoms. The normalized spacial score (nSPS) is 24.2. The summed E-state index contributed by atoms with van der Waals surface area (Å²) in [5.74, 6) is 0.388. The van der Waals surface area contributed by atoms with Crippen LogP contribution >= 0.6 is 0 Å². The minimum Gasteiger partial charge on any atom is -0.378 e. The summed E-state index contributed by atoms with van der Waals surface area (Å²) in [5, 5.41) is 0. The van der Waals surface area contributed by atoms with E-state index >= 15 is 0 Å². The number of hydrogen-bond acceptors (Lipinski definition) is 4. The fourth-order valence-corrected chi connectivity index (χ4v) is 3.07. The Morgan fingerprint density at radius 2 is 2.00 bits per heavy atom. The lowest BCUT2D eigenvalue weighted by molar-refractivity contribution is -0.146. The Labute approximate surface area is 126 Å². The largest absolute Gasteiger partial charge is 0.378 e. The highest BCUT2D eigenvalue weighted by atomic mass is 16.5. The van der Waals surface area contributed by atoms with Gasteiger partial charge in [0.25, 0.3) is 0 Å². The summed E-state index contributed by atoms with van der Waals surface area (Å²) in [6.07, 6.45) is 3.05. The van der Waals surface area contributed by atoms with Crippen LogP contribution in [0.5, 0.6) is 0 Å². The minimum absolute atomic E-state index is 0.0800. The molecule has 6 nitrogen and oxygen atoms in total. The second-order valence-corrected chi connectivity index (χ2v) is 5.90. The zero-order valence-electron chi connectivity index (χ0n) is 12.9. The van der Waals surface area contributed by atoms with E-state index in [-0.39, 0.29) is 23.8 Å². The van der Waals surface area contributed by atoms with Crippen LogP contribution in [0.2, 0.25) is 0 Å². The fraction of sp³-hybridized carbons (Fsp3) is 0.867. The van der Waals surface area contributed by atoms with Gasteiger partial charge in [-0.15, -0.1) is 0 Å². The monoisotopic (exact) mass is 297 g/mol. The minimum atomic E-state index is -0.272. The lowest BCUT2D eigenvalue weighted by atomic mass is 10.0. The van der Waals surface area contributed by atoms with Gasteiger partial charge in [0.2, 0.25) is 11.8 Å². The Morgan fingerprint density at radius 3 is 2.62 bits per heavy atom. The molecule has 0 saturated carbocycles. The van der Waals surface area contributed by atoms with Gasteiger partial charge in [-0.2, -0.15) is 0 Å². The molecule has 120 valence electrons. The number of hydrogen-bond donors (Lipinski definition) is 1. The molecule has 0 bridgehead atoms. The Kier molecular flexibility index (Phi) is 5.99. The number of amides is 2. The highest BCUT2D eigenvalue weighted by Crippen LogP contribution is 2.22. The first-order valence-electron chi connectivity index (χ1n) is 8.03. The van der Waals surface area contributed by atoms with Gasteiger partial charge in [0.05, 0.1) is 13.2 Å². The molecule has 0 radical (unpaired) electrons. The summed E-state index contributed by atoms with van der Waals surface area (Å²) in [7, 11) is 0. The van der Waals surface area contributed by atoms with E-state index in [1.807, 2.05) is 11.8 Å². The first-order chi connectivity index (χ1) is 10.2. The molecule has 2 saturated heterocycles. The number of ether oxygens (including phenoxy) is 1. The molecule has 2 unspecified atom stereocenters. The summed E-state index contributed by atoms with van der Waals surface area (Å²) < 4.78 is 5.28. The predicted molar refractivity (Wildman–Crippen MR) is 79.6 cm³/mol. The Hall–Kier alpha value is -1.14. The van der Waals surface area contributed by atoms with Crippen LogP contribution in [0.3, 0.4) is 0 Å². The first kappa shape index (κ1) is 16.2. The number of nitrogens with zero attached hydrogens (tertiary/aromatic N) is 2. The van der Waals surface area contributed by atoms with Gasteiger partial charge < -0.3 is 20.3 Å². The summed E-state index contributed by atoms with van der Waals surface area (Å²) in [4.78, 5) is 28.6. The molecule has 2 atom stereocenters. The maximum atomic E-state index is 12.6. The predicted octanol–water partition coefficient (Wildman–Crippen LogP) is 0.211. The molecule has 0 aromatic carbocycles. The van der Waals surface area contributed by atoms with E-state index in [0.29, 0.717) is 45.8 Å². The molecule has 2 N–H and O–H groups in total. The Balaban J connectivity index is 1.95. The molecule has 0 aromatic rings. The zero-order valence-corrected chi connectivity index (χ0v) is 12.9. The maximum Gasteiger partial charge on any atom is 0.245 e. The van der Waals surface area contributed by atoms with Gasteiger partial charge in [-0.1, -0.05) is 13.3 Å². The van der Waals surface area contributed by atoms with Gasteiger partial charge >= 0.3 is 0 Å². The molecule has 2 amide bonds. The van der Waals surface area contributed by atoms with Gasteiger partial charge in [0.15, 0.2) is 0 Å². The second-order valence-electron chi connectivity index (χ2n) is 5.90. The van der Waals surface area contributed by atoms with E-state index in [9.17, 15) is 9.59 Å². The molecule has 2 heterocycles. The molecule has 6 heteroatoms. The molecule has 0 aromatic heterocycles. The standard InChI is InChI=1S/C15H27N3O3/c1-2-12(11-16)10-14(19)18-5-3-4-13(18)15(20)17-6-8-21-9-7-17/h12-13H,2-11,16H2,1H3. The van der Waals surface area contributed by atoms with Crippen molar-refractivity contribution in [2.45, 2.75) is 38.6 Å². The van der Waals surface area contributed by atoms with E-state index in [4.69, 9.17) is 10.5 Å². The quantitative estimate of drug-likeness (QED) is 0.787. The molecule has 2 aliphatic heterocycles. The van der Waals surface area contributed by atoms with E-state index < -0.39 is 0 Å². The molecule has 2 fully saturated rings. The molecular weight excluding hydrogens is 270 g/mol. The second kappa shape index (κ2) is 7.75. The molecule has 0 spiro atoms. The summed E-state index contributed by atoms with van der Waals surface area (Å²) >= 11 is 0. The Bertz CT molecular complexity index is 365. The lowest BCUT2D eigenvalue weighted by Gasteiger charge is -2.33. The number of carbonyl (C=O) groups excluding carboxylic acids is 2. The van der Waals surface area contributed by atoms with Crippen LogP contribution in [-0.2, 0) is 14.3 Å². The van der Waals surface area contributed by atoms with Gasteiger partial charge in [-0.3, -0.25) is 9.59 Å². The molecule has 0 aliphatic carbocycles. The van der Waals surface area contributed by atoms with Crippen LogP contribution in [0, 0.1) is 5.92 Å². The van der Waals surface area contributed by atoms with Gasteiger partial charge in [-0.25, -0.2) is 0 Å². The zero-order chi connectivity index (χ0) is 15.2. The van der Waals surface area contributed by atoms with Crippen molar-refractivity contribution in [1.82, 2.24) is 9.80 Å². The molecular formula is C15H27N3O3. The number of carbonyl (C=O) groups is 2. The number of nitrogens with two attached hydrogens (primary N) is 1. The van der Waals surface area contributed by atoms with Crippen LogP contribution in [0.15, 0.2) is 0 Å². The van der Waals surface area contributed by atoms with Crippen molar-refractivity contribution in [3.63, 3.8) is 0 Å². The summed E-state index contributed by atoms with van der Waals surface area (Å²) in [6, 6.07) is -0.272. The van der Waals surface area contributed by atoms with E-state index in [1.54, 1.807) is 4.90 Å². The van der Waals surface area contributed by atoms with Crippen molar-refractivity contribution in [3.05, 3.63) is 0 Å². The van der Waals surface area contributed by atoms with Crippen LogP contribution in [0.25, 0.3) is 0 Å². The van der Waals surface area contributed by atoms with Crippen LogP contribution < -0.4 is 5.73 Å². The van der Waals surface area contributed by atoms with Crippen molar-refractivity contribution in [1.29, 1.82) is 0 Å². The third kappa shape index (κ3) is 3.95. The first-order valence-corrected chi connectivity index (χ1v) is 8.03. The Morgan fingerprint density at radius 1 is 1.29 bits per heavy atom. The highest BCUT2D eigenvalue weighted by molar-refractivity contribution is 5.88. The van der Waals surface area contributed by atoms with Crippen LogP contribution in [0.4, 0.5) is 0 Å². The SMILES string of the molecule is CCC(CN)CC(=O)N1CCCC1C(=O)N1CCOCC1. The molecule has 2 aliphatic rings. The summed E-state index contributed by atoms with van der Waals surface area (Å²) in [6.45, 7) is 5.73. The number of rotatable bonds is 5. The number of morpholine rings is 1.